The van der Waals surface area contributed by atoms with Gasteiger partial charge in [0, 0.05) is 0 Å². The van der Waals surface area contributed by atoms with Crippen LogP contribution in [0.2, 0.25) is 0 Å². The third-order valence-electron chi connectivity index (χ3n) is 5.15. The fraction of sp³-hybridized carbons (Fsp3) is 1.00. The summed E-state index contributed by atoms with van der Waals surface area (Å²) < 4.78 is 0. The molecule has 0 aromatic rings. The summed E-state index contributed by atoms with van der Waals surface area (Å²) >= 11 is 0. The smallest absolute Gasteiger partial charge is 0.00488 e. The minimum Gasteiger partial charge on any atom is -0.317 e. The van der Waals surface area contributed by atoms with Gasteiger partial charge >= 0.3 is 0 Å². The zero-order valence-corrected chi connectivity index (χ0v) is 14.3. The van der Waals surface area contributed by atoms with Gasteiger partial charge in [0.25, 0.3) is 0 Å². The molecule has 0 aliphatic carbocycles. The van der Waals surface area contributed by atoms with Crippen molar-refractivity contribution >= 4 is 0 Å². The predicted octanol–water partition coefficient (Wildman–Crippen LogP) is 5.93. The van der Waals surface area contributed by atoms with Crippen molar-refractivity contribution in [1.29, 1.82) is 0 Å². The van der Waals surface area contributed by atoms with Crippen LogP contribution < -0.4 is 5.32 Å². The van der Waals surface area contributed by atoms with E-state index in [1.165, 1.54) is 96.6 Å². The van der Waals surface area contributed by atoms with Crippen LogP contribution in [0.5, 0.6) is 0 Å². The average Bonchev–Trinajstić information content (AvgIpc) is 2.45. The third kappa shape index (κ3) is 9.80. The van der Waals surface area contributed by atoms with Crippen molar-refractivity contribution in [2.24, 2.45) is 11.8 Å². The van der Waals surface area contributed by atoms with E-state index in [9.17, 15) is 0 Å². The Morgan fingerprint density at radius 3 is 2.10 bits per heavy atom. The van der Waals surface area contributed by atoms with Crippen molar-refractivity contribution in [2.45, 2.75) is 97.3 Å². The molecule has 2 atom stereocenters. The molecule has 1 rings (SSSR count). The average molecular weight is 282 g/mol. The summed E-state index contributed by atoms with van der Waals surface area (Å²) in [5.41, 5.74) is 0. The van der Waals surface area contributed by atoms with Crippen LogP contribution in [-0.2, 0) is 0 Å². The fourth-order valence-corrected chi connectivity index (χ4v) is 3.54. The van der Waals surface area contributed by atoms with Crippen LogP contribution in [0.3, 0.4) is 0 Å². The SMILES string of the molecule is CCC1CCCCCCCCNCCCC(C)CCC1. The van der Waals surface area contributed by atoms with Crippen LogP contribution in [-0.4, -0.2) is 13.1 Å². The number of nitrogens with one attached hydrogen (secondary N) is 1. The molecule has 1 aliphatic rings. The van der Waals surface area contributed by atoms with E-state index in [1.54, 1.807) is 0 Å². The molecule has 0 aromatic carbocycles. The Morgan fingerprint density at radius 2 is 1.30 bits per heavy atom. The fourth-order valence-electron chi connectivity index (χ4n) is 3.54. The first-order valence-electron chi connectivity index (χ1n) is 9.53. The van der Waals surface area contributed by atoms with E-state index in [-0.39, 0.29) is 0 Å². The van der Waals surface area contributed by atoms with E-state index in [1.807, 2.05) is 0 Å². The maximum Gasteiger partial charge on any atom is -0.00488 e. The molecule has 0 amide bonds. The molecule has 0 radical (unpaired) electrons. The van der Waals surface area contributed by atoms with Crippen LogP contribution in [0.4, 0.5) is 0 Å². The van der Waals surface area contributed by atoms with E-state index in [2.05, 4.69) is 19.2 Å². The van der Waals surface area contributed by atoms with Crippen molar-refractivity contribution in [3.63, 3.8) is 0 Å². The molecule has 0 aromatic heterocycles. The number of rotatable bonds is 1. The van der Waals surface area contributed by atoms with E-state index in [0.29, 0.717) is 0 Å². The Hall–Kier alpha value is -0.0400. The first-order chi connectivity index (χ1) is 9.83. The highest BCUT2D eigenvalue weighted by molar-refractivity contribution is 4.62. The third-order valence-corrected chi connectivity index (χ3v) is 5.15. The Labute approximate surface area is 128 Å². The van der Waals surface area contributed by atoms with Gasteiger partial charge in [-0.1, -0.05) is 78.1 Å². The second kappa shape index (κ2) is 12.7. The summed E-state index contributed by atoms with van der Waals surface area (Å²) in [5.74, 6) is 1.95. The van der Waals surface area contributed by atoms with E-state index in [4.69, 9.17) is 0 Å². The van der Waals surface area contributed by atoms with Crippen molar-refractivity contribution in [3.05, 3.63) is 0 Å². The molecule has 1 N–H and O–H groups in total. The number of hydrogen-bond donors (Lipinski definition) is 1. The van der Waals surface area contributed by atoms with E-state index in [0.717, 1.165) is 11.8 Å². The molecular formula is C19H39N. The highest BCUT2D eigenvalue weighted by Crippen LogP contribution is 2.23. The Bertz CT molecular complexity index is 202. The van der Waals surface area contributed by atoms with Crippen LogP contribution >= 0.6 is 0 Å². The Kier molecular flexibility index (Phi) is 11.4. The van der Waals surface area contributed by atoms with Gasteiger partial charge in [-0.15, -0.1) is 0 Å². The molecular weight excluding hydrogens is 242 g/mol. The Morgan fingerprint density at radius 1 is 0.700 bits per heavy atom. The van der Waals surface area contributed by atoms with Gasteiger partial charge in [0.2, 0.25) is 0 Å². The lowest BCUT2D eigenvalue weighted by Crippen LogP contribution is -2.17. The van der Waals surface area contributed by atoms with Gasteiger partial charge in [0.05, 0.1) is 0 Å². The highest BCUT2D eigenvalue weighted by atomic mass is 14.8. The molecule has 0 spiro atoms. The van der Waals surface area contributed by atoms with Gasteiger partial charge in [-0.3, -0.25) is 0 Å². The van der Waals surface area contributed by atoms with Gasteiger partial charge < -0.3 is 5.32 Å². The van der Waals surface area contributed by atoms with Gasteiger partial charge in [-0.05, 0) is 44.2 Å². The normalized spacial score (nSPS) is 29.7. The molecule has 1 nitrogen and oxygen atoms in total. The van der Waals surface area contributed by atoms with Crippen molar-refractivity contribution in [1.82, 2.24) is 5.32 Å². The topological polar surface area (TPSA) is 12.0 Å². The maximum absolute atomic E-state index is 3.62. The summed E-state index contributed by atoms with van der Waals surface area (Å²) in [4.78, 5) is 0. The first kappa shape index (κ1) is 18.0. The number of hydrogen-bond acceptors (Lipinski definition) is 1. The summed E-state index contributed by atoms with van der Waals surface area (Å²) in [6, 6.07) is 0. The molecule has 1 saturated heterocycles. The van der Waals surface area contributed by atoms with Crippen molar-refractivity contribution < 1.29 is 0 Å². The van der Waals surface area contributed by atoms with Crippen molar-refractivity contribution in [2.75, 3.05) is 13.1 Å². The summed E-state index contributed by atoms with van der Waals surface area (Å²) in [6.07, 6.45) is 18.8. The first-order valence-corrected chi connectivity index (χ1v) is 9.53. The van der Waals surface area contributed by atoms with Crippen LogP contribution in [0, 0.1) is 11.8 Å². The molecule has 0 bridgehead atoms. The van der Waals surface area contributed by atoms with Crippen LogP contribution in [0.15, 0.2) is 0 Å². The minimum atomic E-state index is 0.935. The molecule has 1 fully saturated rings. The summed E-state index contributed by atoms with van der Waals surface area (Å²) in [7, 11) is 0. The second-order valence-corrected chi connectivity index (χ2v) is 7.11. The van der Waals surface area contributed by atoms with Gasteiger partial charge in [0.1, 0.15) is 0 Å². The monoisotopic (exact) mass is 281 g/mol. The molecule has 20 heavy (non-hydrogen) atoms. The predicted molar refractivity (Wildman–Crippen MR) is 91.2 cm³/mol. The summed E-state index contributed by atoms with van der Waals surface area (Å²) in [6.45, 7) is 7.32. The molecule has 2 unspecified atom stereocenters. The maximum atomic E-state index is 3.62. The Balaban J connectivity index is 2.24. The summed E-state index contributed by atoms with van der Waals surface area (Å²) in [5, 5.41) is 3.62. The lowest BCUT2D eigenvalue weighted by Gasteiger charge is -2.16. The largest absolute Gasteiger partial charge is 0.317 e. The van der Waals surface area contributed by atoms with Gasteiger partial charge in [0.15, 0.2) is 0 Å². The minimum absolute atomic E-state index is 0.935. The second-order valence-electron chi connectivity index (χ2n) is 7.11. The van der Waals surface area contributed by atoms with Gasteiger partial charge in [-0.2, -0.15) is 0 Å². The van der Waals surface area contributed by atoms with E-state index < -0.39 is 0 Å². The molecule has 0 saturated carbocycles. The highest BCUT2D eigenvalue weighted by Gasteiger charge is 2.08. The van der Waals surface area contributed by atoms with Gasteiger partial charge in [-0.25, -0.2) is 0 Å². The molecule has 1 aliphatic heterocycles. The van der Waals surface area contributed by atoms with Crippen LogP contribution in [0.1, 0.15) is 97.3 Å². The lowest BCUT2D eigenvalue weighted by atomic mass is 9.90. The zero-order chi connectivity index (χ0) is 14.5. The zero-order valence-electron chi connectivity index (χ0n) is 14.3. The standard InChI is InChI=1S/C19H39N/c1-3-19-14-8-6-4-5-7-9-16-20-17-11-13-18(2)12-10-15-19/h18-20H,3-17H2,1-2H3. The molecule has 120 valence electrons. The molecule has 1 heteroatoms. The van der Waals surface area contributed by atoms with E-state index >= 15 is 0 Å². The lowest BCUT2D eigenvalue weighted by molar-refractivity contribution is 0.369. The van der Waals surface area contributed by atoms with Crippen LogP contribution in [0.25, 0.3) is 0 Å². The quantitative estimate of drug-likeness (QED) is 0.628. The molecule has 1 heterocycles. The van der Waals surface area contributed by atoms with Crippen molar-refractivity contribution in [3.8, 4) is 0 Å².